The lowest BCUT2D eigenvalue weighted by molar-refractivity contribution is 0.379. The molecule has 0 spiro atoms. The van der Waals surface area contributed by atoms with Crippen LogP contribution in [-0.2, 0) is 0 Å². The summed E-state index contributed by atoms with van der Waals surface area (Å²) in [7, 11) is 5.31. The van der Waals surface area contributed by atoms with Crippen LogP contribution < -0.4 is 14.8 Å². The van der Waals surface area contributed by atoms with Gasteiger partial charge in [-0.25, -0.2) is 0 Å². The fourth-order valence-electron chi connectivity index (χ4n) is 2.36. The highest BCUT2D eigenvalue weighted by atomic mass is 79.9. The molecule has 1 aromatic heterocycles. The minimum Gasteiger partial charge on any atom is -0.496 e. The fourth-order valence-corrected chi connectivity index (χ4v) is 4.11. The van der Waals surface area contributed by atoms with Gasteiger partial charge < -0.3 is 14.8 Å². The molecule has 0 aliphatic heterocycles. The van der Waals surface area contributed by atoms with Gasteiger partial charge in [-0.15, -0.1) is 11.3 Å². The SMILES string of the molecule is CNC(c1cc(Br)sc1C)c1c(OC)cccc1OC. The molecule has 1 N–H and O–H groups in total. The molecule has 1 unspecified atom stereocenters. The van der Waals surface area contributed by atoms with E-state index in [1.807, 2.05) is 25.2 Å². The van der Waals surface area contributed by atoms with Gasteiger partial charge in [0.1, 0.15) is 11.5 Å². The number of thiophene rings is 1. The Labute approximate surface area is 132 Å². The third kappa shape index (κ3) is 2.85. The number of ether oxygens (including phenoxy) is 2. The standard InChI is InChI=1S/C15H18BrNO2S/c1-9-10(8-13(16)20-9)15(17-2)14-11(18-3)6-5-7-12(14)19-4/h5-8,15,17H,1-4H3. The lowest BCUT2D eigenvalue weighted by Crippen LogP contribution is -2.19. The van der Waals surface area contributed by atoms with Crippen molar-refractivity contribution in [1.82, 2.24) is 5.32 Å². The lowest BCUT2D eigenvalue weighted by atomic mass is 9.97. The van der Waals surface area contributed by atoms with E-state index in [1.165, 1.54) is 10.4 Å². The number of hydrogen-bond donors (Lipinski definition) is 1. The quantitative estimate of drug-likeness (QED) is 0.873. The van der Waals surface area contributed by atoms with Gasteiger partial charge >= 0.3 is 0 Å². The second-order valence-corrected chi connectivity index (χ2v) is 7.00. The molecule has 108 valence electrons. The van der Waals surface area contributed by atoms with Crippen molar-refractivity contribution in [3.05, 3.63) is 44.1 Å². The van der Waals surface area contributed by atoms with Crippen LogP contribution in [0, 0.1) is 6.92 Å². The predicted molar refractivity (Wildman–Crippen MR) is 87.2 cm³/mol. The van der Waals surface area contributed by atoms with Crippen LogP contribution in [0.15, 0.2) is 28.1 Å². The Morgan fingerprint density at radius 1 is 1.20 bits per heavy atom. The van der Waals surface area contributed by atoms with E-state index in [0.29, 0.717) is 0 Å². The molecule has 5 heteroatoms. The van der Waals surface area contributed by atoms with E-state index < -0.39 is 0 Å². The average molecular weight is 356 g/mol. The van der Waals surface area contributed by atoms with Crippen molar-refractivity contribution >= 4 is 27.3 Å². The summed E-state index contributed by atoms with van der Waals surface area (Å²) >= 11 is 5.28. The van der Waals surface area contributed by atoms with E-state index in [9.17, 15) is 0 Å². The van der Waals surface area contributed by atoms with E-state index in [2.05, 4.69) is 34.2 Å². The molecule has 1 heterocycles. The molecule has 2 aromatic rings. The van der Waals surface area contributed by atoms with Crippen molar-refractivity contribution < 1.29 is 9.47 Å². The first kappa shape index (κ1) is 15.4. The smallest absolute Gasteiger partial charge is 0.127 e. The lowest BCUT2D eigenvalue weighted by Gasteiger charge is -2.22. The van der Waals surface area contributed by atoms with Gasteiger partial charge in [-0.2, -0.15) is 0 Å². The van der Waals surface area contributed by atoms with Crippen LogP contribution in [0.5, 0.6) is 11.5 Å². The second kappa shape index (κ2) is 6.61. The first-order valence-corrected chi connectivity index (χ1v) is 7.87. The topological polar surface area (TPSA) is 30.5 Å². The molecule has 1 aromatic carbocycles. The molecule has 0 bridgehead atoms. The van der Waals surface area contributed by atoms with Crippen LogP contribution in [0.1, 0.15) is 22.0 Å². The molecule has 0 aliphatic rings. The number of hydrogen-bond acceptors (Lipinski definition) is 4. The fraction of sp³-hybridized carbons (Fsp3) is 0.333. The summed E-state index contributed by atoms with van der Waals surface area (Å²) in [5.41, 5.74) is 2.25. The first-order chi connectivity index (χ1) is 9.62. The van der Waals surface area contributed by atoms with Crippen molar-refractivity contribution in [3.63, 3.8) is 0 Å². The van der Waals surface area contributed by atoms with E-state index in [0.717, 1.165) is 20.8 Å². The van der Waals surface area contributed by atoms with Gasteiger partial charge in [-0.05, 0) is 53.7 Å². The molecular formula is C15H18BrNO2S. The zero-order valence-corrected chi connectivity index (χ0v) is 14.4. The number of rotatable bonds is 5. The molecule has 2 rings (SSSR count). The zero-order chi connectivity index (χ0) is 14.7. The van der Waals surface area contributed by atoms with Crippen molar-refractivity contribution in [2.45, 2.75) is 13.0 Å². The first-order valence-electron chi connectivity index (χ1n) is 6.26. The maximum atomic E-state index is 5.51. The van der Waals surface area contributed by atoms with Crippen LogP contribution in [0.4, 0.5) is 0 Å². The van der Waals surface area contributed by atoms with Gasteiger partial charge in [0.15, 0.2) is 0 Å². The molecule has 0 amide bonds. The Bertz CT molecular complexity index is 575. The van der Waals surface area contributed by atoms with Crippen molar-refractivity contribution in [1.29, 1.82) is 0 Å². The van der Waals surface area contributed by atoms with Gasteiger partial charge in [0.2, 0.25) is 0 Å². The number of aryl methyl sites for hydroxylation is 1. The summed E-state index contributed by atoms with van der Waals surface area (Å²) in [6.45, 7) is 2.12. The minimum atomic E-state index is 0.0312. The summed E-state index contributed by atoms with van der Waals surface area (Å²) in [5.74, 6) is 1.65. The molecule has 3 nitrogen and oxygen atoms in total. The molecule has 0 saturated carbocycles. The Balaban J connectivity index is 2.59. The molecule has 1 atom stereocenters. The predicted octanol–water partition coefficient (Wildman–Crippen LogP) is 4.15. The maximum Gasteiger partial charge on any atom is 0.127 e. The highest BCUT2D eigenvalue weighted by molar-refractivity contribution is 9.11. The monoisotopic (exact) mass is 355 g/mol. The molecule has 0 fully saturated rings. The normalized spacial score (nSPS) is 12.2. The number of methoxy groups -OCH3 is 2. The third-order valence-corrected chi connectivity index (χ3v) is 4.85. The Morgan fingerprint density at radius 2 is 1.80 bits per heavy atom. The minimum absolute atomic E-state index is 0.0312. The van der Waals surface area contributed by atoms with Gasteiger partial charge in [-0.3, -0.25) is 0 Å². The number of halogens is 1. The highest BCUT2D eigenvalue weighted by Crippen LogP contribution is 2.40. The number of nitrogens with one attached hydrogen (secondary N) is 1. The number of benzene rings is 1. The van der Waals surface area contributed by atoms with Crippen LogP contribution >= 0.6 is 27.3 Å². The van der Waals surface area contributed by atoms with E-state index >= 15 is 0 Å². The Hall–Kier alpha value is -1.04. The molecule has 0 saturated heterocycles. The second-order valence-electron chi connectivity index (χ2n) is 4.36. The average Bonchev–Trinajstić information content (AvgIpc) is 2.78. The van der Waals surface area contributed by atoms with Gasteiger partial charge in [0.25, 0.3) is 0 Å². The summed E-state index contributed by atoms with van der Waals surface area (Å²) in [6, 6.07) is 8.03. The van der Waals surface area contributed by atoms with Crippen molar-refractivity contribution in [2.24, 2.45) is 0 Å². The largest absolute Gasteiger partial charge is 0.496 e. The van der Waals surface area contributed by atoms with Gasteiger partial charge in [0.05, 0.1) is 29.6 Å². The van der Waals surface area contributed by atoms with Gasteiger partial charge in [-0.1, -0.05) is 6.07 Å². The summed E-state index contributed by atoms with van der Waals surface area (Å²) in [5, 5.41) is 3.36. The maximum absolute atomic E-state index is 5.51. The van der Waals surface area contributed by atoms with Crippen molar-refractivity contribution in [3.8, 4) is 11.5 Å². The van der Waals surface area contributed by atoms with E-state index in [1.54, 1.807) is 25.6 Å². The van der Waals surface area contributed by atoms with Crippen molar-refractivity contribution in [2.75, 3.05) is 21.3 Å². The van der Waals surface area contributed by atoms with Gasteiger partial charge in [0, 0.05) is 4.88 Å². The molecular weight excluding hydrogens is 338 g/mol. The molecule has 20 heavy (non-hydrogen) atoms. The Kier molecular flexibility index (Phi) is 5.07. The summed E-state index contributed by atoms with van der Waals surface area (Å²) in [6.07, 6.45) is 0. The molecule has 0 aliphatic carbocycles. The van der Waals surface area contributed by atoms with Crippen LogP contribution in [-0.4, -0.2) is 21.3 Å². The molecule has 0 radical (unpaired) electrons. The Morgan fingerprint density at radius 3 is 2.20 bits per heavy atom. The summed E-state index contributed by atoms with van der Waals surface area (Å²) in [4.78, 5) is 1.27. The third-order valence-electron chi connectivity index (χ3n) is 3.28. The highest BCUT2D eigenvalue weighted by Gasteiger charge is 2.23. The van der Waals surface area contributed by atoms with Crippen LogP contribution in [0.2, 0.25) is 0 Å². The van der Waals surface area contributed by atoms with Crippen LogP contribution in [0.3, 0.4) is 0 Å². The van der Waals surface area contributed by atoms with E-state index in [-0.39, 0.29) is 6.04 Å². The van der Waals surface area contributed by atoms with Crippen LogP contribution in [0.25, 0.3) is 0 Å². The zero-order valence-electron chi connectivity index (χ0n) is 12.0. The van der Waals surface area contributed by atoms with E-state index in [4.69, 9.17) is 9.47 Å². The summed E-state index contributed by atoms with van der Waals surface area (Å²) < 4.78 is 12.1.